The maximum Gasteiger partial charge on any atom is 0.294 e. The van der Waals surface area contributed by atoms with Crippen LogP contribution >= 0.6 is 11.3 Å². The van der Waals surface area contributed by atoms with Crippen molar-refractivity contribution < 1.29 is 23.4 Å². The van der Waals surface area contributed by atoms with Crippen LogP contribution in [0.5, 0.6) is 22.4 Å². The fraction of sp³-hybridized carbons (Fsp3) is 0.179. The maximum absolute atomic E-state index is 6.21. The largest absolute Gasteiger partial charge is 0.497 e. The summed E-state index contributed by atoms with van der Waals surface area (Å²) in [6.07, 6.45) is 3.55. The highest BCUT2D eigenvalue weighted by Gasteiger charge is 2.17. The van der Waals surface area contributed by atoms with Gasteiger partial charge < -0.3 is 23.4 Å². The summed E-state index contributed by atoms with van der Waals surface area (Å²) >= 11 is 1.36. The highest BCUT2D eigenvalue weighted by atomic mass is 32.1. The minimum absolute atomic E-state index is 0.323. The molecule has 4 heterocycles. The van der Waals surface area contributed by atoms with Crippen LogP contribution in [0.25, 0.3) is 38.6 Å². The molecule has 0 aliphatic heterocycles. The Hall–Kier alpha value is -4.57. The second-order valence-corrected chi connectivity index (χ2v) is 9.28. The standard InChI is InChI=1S/C28H24N4O5S/c1-4-35-20-8-9-23(29-14-20)17-6-5-7-19(10-17)36-16-18-11-21(33-2)12-25-22(18)13-26(37-25)24-15-32-27(30-24)38-28(31-32)34-3/h5-15H,4,16H2,1-3H3. The lowest BCUT2D eigenvalue weighted by molar-refractivity contribution is 0.307. The third-order valence-corrected chi connectivity index (χ3v) is 6.84. The second-order valence-electron chi connectivity index (χ2n) is 8.36. The average Bonchev–Trinajstić information content (AvgIpc) is 3.65. The number of ether oxygens (including phenoxy) is 4. The molecule has 6 rings (SSSR count). The molecule has 0 unspecified atom stereocenters. The van der Waals surface area contributed by atoms with Crippen LogP contribution in [0, 0.1) is 0 Å². The molecule has 0 aliphatic carbocycles. The summed E-state index contributed by atoms with van der Waals surface area (Å²) in [7, 11) is 3.22. The molecule has 10 heteroatoms. The van der Waals surface area contributed by atoms with Crippen molar-refractivity contribution in [3.05, 3.63) is 72.6 Å². The molecule has 0 saturated carbocycles. The number of pyridine rings is 1. The van der Waals surface area contributed by atoms with E-state index in [4.69, 9.17) is 23.4 Å². The molecule has 38 heavy (non-hydrogen) atoms. The zero-order chi connectivity index (χ0) is 26.1. The van der Waals surface area contributed by atoms with Crippen LogP contribution < -0.4 is 18.9 Å². The number of imidazole rings is 1. The predicted octanol–water partition coefficient (Wildman–Crippen LogP) is 6.26. The van der Waals surface area contributed by atoms with Crippen molar-refractivity contribution in [1.82, 2.24) is 19.6 Å². The van der Waals surface area contributed by atoms with E-state index in [2.05, 4.69) is 15.1 Å². The molecule has 0 saturated heterocycles. The van der Waals surface area contributed by atoms with Crippen LogP contribution in [0.1, 0.15) is 12.5 Å². The first-order chi connectivity index (χ1) is 18.6. The molecule has 0 fully saturated rings. The number of hydrogen-bond acceptors (Lipinski definition) is 9. The Morgan fingerprint density at radius 1 is 0.921 bits per heavy atom. The first kappa shape index (κ1) is 23.8. The average molecular weight is 529 g/mol. The zero-order valence-electron chi connectivity index (χ0n) is 21.0. The number of rotatable bonds is 9. The Morgan fingerprint density at radius 2 is 1.84 bits per heavy atom. The van der Waals surface area contributed by atoms with Gasteiger partial charge in [-0.15, -0.1) is 5.10 Å². The molecule has 2 aromatic carbocycles. The maximum atomic E-state index is 6.21. The molecule has 6 aromatic rings. The lowest BCUT2D eigenvalue weighted by Crippen LogP contribution is -1.97. The number of furan rings is 1. The molecular weight excluding hydrogens is 504 g/mol. The van der Waals surface area contributed by atoms with Crippen LogP contribution in [0.2, 0.25) is 0 Å². The molecule has 9 nitrogen and oxygen atoms in total. The smallest absolute Gasteiger partial charge is 0.294 e. The minimum atomic E-state index is 0.323. The Balaban J connectivity index is 1.27. The molecule has 0 atom stereocenters. The van der Waals surface area contributed by atoms with Gasteiger partial charge in [0.15, 0.2) is 5.76 Å². The normalized spacial score (nSPS) is 11.2. The van der Waals surface area contributed by atoms with Crippen LogP contribution in [-0.4, -0.2) is 40.4 Å². The van der Waals surface area contributed by atoms with E-state index in [1.165, 1.54) is 11.3 Å². The summed E-state index contributed by atoms with van der Waals surface area (Å²) < 4.78 is 30.3. The van der Waals surface area contributed by atoms with Gasteiger partial charge in [-0.25, -0.2) is 9.50 Å². The van der Waals surface area contributed by atoms with E-state index in [0.29, 0.717) is 41.2 Å². The summed E-state index contributed by atoms with van der Waals surface area (Å²) in [4.78, 5) is 9.87. The third kappa shape index (κ3) is 4.61. The van der Waals surface area contributed by atoms with Crippen molar-refractivity contribution in [2.45, 2.75) is 13.5 Å². The van der Waals surface area contributed by atoms with E-state index < -0.39 is 0 Å². The van der Waals surface area contributed by atoms with Crippen molar-refractivity contribution in [3.8, 4) is 45.2 Å². The van der Waals surface area contributed by atoms with Crippen molar-refractivity contribution in [3.63, 3.8) is 0 Å². The number of hydrogen-bond donors (Lipinski definition) is 0. The van der Waals surface area contributed by atoms with E-state index in [9.17, 15) is 0 Å². The number of aromatic nitrogens is 4. The van der Waals surface area contributed by atoms with Crippen molar-refractivity contribution in [1.29, 1.82) is 0 Å². The molecular formula is C28H24N4O5S. The summed E-state index contributed by atoms with van der Waals surface area (Å²) in [5, 5.41) is 5.81. The van der Waals surface area contributed by atoms with E-state index in [1.54, 1.807) is 24.9 Å². The van der Waals surface area contributed by atoms with Gasteiger partial charge in [0.05, 0.1) is 38.9 Å². The van der Waals surface area contributed by atoms with Gasteiger partial charge in [-0.3, -0.25) is 4.98 Å². The molecule has 0 amide bonds. The van der Waals surface area contributed by atoms with E-state index in [0.717, 1.165) is 38.7 Å². The Kier molecular flexibility index (Phi) is 6.30. The van der Waals surface area contributed by atoms with Gasteiger partial charge in [-0.2, -0.15) is 0 Å². The summed E-state index contributed by atoms with van der Waals surface area (Å²) in [6.45, 7) is 2.88. The fourth-order valence-corrected chi connectivity index (χ4v) is 4.84. The second kappa shape index (κ2) is 10.1. The lowest BCUT2D eigenvalue weighted by Gasteiger charge is -2.10. The summed E-state index contributed by atoms with van der Waals surface area (Å²) in [6, 6.07) is 17.5. The molecule has 4 aromatic heterocycles. The van der Waals surface area contributed by atoms with E-state index >= 15 is 0 Å². The first-order valence-electron chi connectivity index (χ1n) is 12.0. The molecule has 192 valence electrons. The van der Waals surface area contributed by atoms with Crippen molar-refractivity contribution in [2.75, 3.05) is 20.8 Å². The van der Waals surface area contributed by atoms with Crippen LogP contribution in [-0.2, 0) is 6.61 Å². The molecule has 0 spiro atoms. The van der Waals surface area contributed by atoms with Crippen LogP contribution in [0.3, 0.4) is 0 Å². The van der Waals surface area contributed by atoms with Gasteiger partial charge >= 0.3 is 0 Å². The monoisotopic (exact) mass is 528 g/mol. The van der Waals surface area contributed by atoms with E-state index in [1.807, 2.05) is 67.7 Å². The topological polar surface area (TPSA) is 93.1 Å². The van der Waals surface area contributed by atoms with Gasteiger partial charge in [0.25, 0.3) is 5.19 Å². The number of fused-ring (bicyclic) bond motifs is 2. The van der Waals surface area contributed by atoms with Gasteiger partial charge in [-0.1, -0.05) is 12.1 Å². The lowest BCUT2D eigenvalue weighted by atomic mass is 10.1. The SMILES string of the molecule is CCOc1ccc(-c2cccc(OCc3cc(OC)cc4oc(-c5cn6nc(OC)sc6n5)cc34)c2)nc1. The first-order valence-corrected chi connectivity index (χ1v) is 12.8. The molecule has 0 bridgehead atoms. The molecule has 0 radical (unpaired) electrons. The summed E-state index contributed by atoms with van der Waals surface area (Å²) in [5.74, 6) is 2.79. The number of benzene rings is 2. The van der Waals surface area contributed by atoms with Crippen molar-refractivity contribution >= 4 is 27.3 Å². The quantitative estimate of drug-likeness (QED) is 0.217. The minimum Gasteiger partial charge on any atom is -0.497 e. The molecule has 0 aliphatic rings. The number of methoxy groups -OCH3 is 2. The predicted molar refractivity (Wildman–Crippen MR) is 144 cm³/mol. The third-order valence-electron chi connectivity index (χ3n) is 5.96. The van der Waals surface area contributed by atoms with Crippen molar-refractivity contribution in [2.24, 2.45) is 0 Å². The molecule has 0 N–H and O–H groups in total. The Bertz CT molecular complexity index is 1690. The van der Waals surface area contributed by atoms with Crippen LogP contribution in [0.4, 0.5) is 0 Å². The Labute approximate surface area is 222 Å². The van der Waals surface area contributed by atoms with Gasteiger partial charge in [0.2, 0.25) is 4.96 Å². The van der Waals surface area contributed by atoms with Gasteiger partial charge in [-0.05, 0) is 54.7 Å². The van der Waals surface area contributed by atoms with Crippen LogP contribution in [0.15, 0.2) is 71.4 Å². The highest BCUT2D eigenvalue weighted by molar-refractivity contribution is 7.18. The highest BCUT2D eigenvalue weighted by Crippen LogP contribution is 2.34. The van der Waals surface area contributed by atoms with Gasteiger partial charge in [0.1, 0.15) is 35.1 Å². The van der Waals surface area contributed by atoms with E-state index in [-0.39, 0.29) is 0 Å². The zero-order valence-corrected chi connectivity index (χ0v) is 21.8. The summed E-state index contributed by atoms with van der Waals surface area (Å²) in [5.41, 5.74) is 4.10. The van der Waals surface area contributed by atoms with Gasteiger partial charge in [0, 0.05) is 22.6 Å². The Morgan fingerprint density at radius 3 is 2.61 bits per heavy atom. The number of nitrogens with zero attached hydrogens (tertiary/aromatic N) is 4. The fourth-order valence-electron chi connectivity index (χ4n) is 4.14.